The average molecular weight is 450 g/mol. The molecule has 1 aliphatic heterocycles. The van der Waals surface area contributed by atoms with E-state index < -0.39 is 23.7 Å². The first-order valence-corrected chi connectivity index (χ1v) is 11.1. The minimum Gasteiger partial charge on any atom is -0.468 e. The summed E-state index contributed by atoms with van der Waals surface area (Å²) in [5.41, 5.74) is 2.61. The van der Waals surface area contributed by atoms with Crippen molar-refractivity contribution in [3.8, 4) is 6.07 Å². The molecular formula is C24H23N3O4S. The van der Waals surface area contributed by atoms with E-state index in [1.165, 1.54) is 7.11 Å². The second-order valence-electron chi connectivity index (χ2n) is 7.08. The van der Waals surface area contributed by atoms with Crippen molar-refractivity contribution >= 4 is 35.2 Å². The first-order chi connectivity index (χ1) is 15.5. The number of hydrogen-bond donors (Lipinski definition) is 2. The molecule has 2 amide bonds. The summed E-state index contributed by atoms with van der Waals surface area (Å²) in [6.07, 6.45) is 0.775. The predicted octanol–water partition coefficient (Wildman–Crippen LogP) is 3.36. The number of aryl methyl sites for hydroxylation is 1. The molecular weight excluding hydrogens is 426 g/mol. The number of thioether (sulfide) groups is 1. The maximum Gasteiger partial charge on any atom is 0.319 e. The van der Waals surface area contributed by atoms with Crippen LogP contribution in [0.1, 0.15) is 24.0 Å². The third-order valence-corrected chi connectivity index (χ3v) is 6.18. The third-order valence-electron chi connectivity index (χ3n) is 5.16. The van der Waals surface area contributed by atoms with Crippen LogP contribution in [0.25, 0.3) is 0 Å². The van der Waals surface area contributed by atoms with Gasteiger partial charge in [-0.25, -0.2) is 0 Å². The minimum atomic E-state index is -1.19. The van der Waals surface area contributed by atoms with Gasteiger partial charge in [-0.1, -0.05) is 67.2 Å². The number of ether oxygens (including phenoxy) is 1. The van der Waals surface area contributed by atoms with Gasteiger partial charge in [0.15, 0.2) is 0 Å². The van der Waals surface area contributed by atoms with Crippen molar-refractivity contribution in [2.45, 2.75) is 19.3 Å². The third kappa shape index (κ3) is 5.01. The maximum atomic E-state index is 12.8. The number of methoxy groups -OCH3 is 1. The molecule has 32 heavy (non-hydrogen) atoms. The Morgan fingerprint density at radius 1 is 1.16 bits per heavy atom. The van der Waals surface area contributed by atoms with Crippen LogP contribution in [0.2, 0.25) is 0 Å². The summed E-state index contributed by atoms with van der Waals surface area (Å²) in [4.78, 5) is 37.7. The minimum absolute atomic E-state index is 0.0107. The second-order valence-corrected chi connectivity index (χ2v) is 8.07. The van der Waals surface area contributed by atoms with Crippen LogP contribution in [0.15, 0.2) is 65.2 Å². The summed E-state index contributed by atoms with van der Waals surface area (Å²) >= 11 is 1.06. The van der Waals surface area contributed by atoms with Crippen molar-refractivity contribution < 1.29 is 19.1 Å². The number of carbonyl (C=O) groups excluding carboxylic acids is 3. The summed E-state index contributed by atoms with van der Waals surface area (Å²) in [6, 6.07) is 18.5. The maximum absolute atomic E-state index is 12.8. The molecule has 0 unspecified atom stereocenters. The Hall–Kier alpha value is -3.57. The first kappa shape index (κ1) is 23.1. The molecule has 0 aliphatic carbocycles. The molecule has 0 bridgehead atoms. The largest absolute Gasteiger partial charge is 0.468 e. The SMILES string of the molecule is CCc1ccccc1NC(=O)CSC1=C(C#N)[C@@H](c2ccccc2)[C@H](C(=O)OC)C(=O)N1. The summed E-state index contributed by atoms with van der Waals surface area (Å²) in [7, 11) is 1.20. The van der Waals surface area contributed by atoms with E-state index in [1.807, 2.05) is 37.3 Å². The van der Waals surface area contributed by atoms with Gasteiger partial charge in [0.2, 0.25) is 11.8 Å². The summed E-state index contributed by atoms with van der Waals surface area (Å²) < 4.78 is 4.82. The van der Waals surface area contributed by atoms with Crippen molar-refractivity contribution in [1.29, 1.82) is 5.26 Å². The zero-order valence-corrected chi connectivity index (χ0v) is 18.6. The fourth-order valence-corrected chi connectivity index (χ4v) is 4.46. The smallest absolute Gasteiger partial charge is 0.319 e. The lowest BCUT2D eigenvalue weighted by Crippen LogP contribution is -2.44. The van der Waals surface area contributed by atoms with Gasteiger partial charge in [-0.05, 0) is 23.6 Å². The summed E-state index contributed by atoms with van der Waals surface area (Å²) in [6.45, 7) is 2.00. The number of para-hydroxylation sites is 1. The van der Waals surface area contributed by atoms with E-state index >= 15 is 0 Å². The highest BCUT2D eigenvalue weighted by atomic mass is 32.2. The highest BCUT2D eigenvalue weighted by Crippen LogP contribution is 2.40. The topological polar surface area (TPSA) is 108 Å². The Kier molecular flexibility index (Phi) is 7.68. The van der Waals surface area contributed by atoms with Crippen LogP contribution in [-0.4, -0.2) is 30.6 Å². The van der Waals surface area contributed by atoms with E-state index in [0.717, 1.165) is 29.4 Å². The van der Waals surface area contributed by atoms with E-state index in [-0.39, 0.29) is 22.3 Å². The number of allylic oxidation sites excluding steroid dienone is 1. The number of nitrogens with zero attached hydrogens (tertiary/aromatic N) is 1. The number of nitrogens with one attached hydrogen (secondary N) is 2. The van der Waals surface area contributed by atoms with Gasteiger partial charge in [0.05, 0.1) is 29.5 Å². The molecule has 0 fully saturated rings. The molecule has 1 heterocycles. The Morgan fingerprint density at radius 3 is 2.50 bits per heavy atom. The predicted molar refractivity (Wildman–Crippen MR) is 122 cm³/mol. The quantitative estimate of drug-likeness (QED) is 0.496. The van der Waals surface area contributed by atoms with Gasteiger partial charge >= 0.3 is 5.97 Å². The van der Waals surface area contributed by atoms with Gasteiger partial charge in [-0.15, -0.1) is 0 Å². The Balaban J connectivity index is 1.86. The van der Waals surface area contributed by atoms with Crippen molar-refractivity contribution in [2.75, 3.05) is 18.2 Å². The molecule has 2 aromatic rings. The molecule has 8 heteroatoms. The van der Waals surface area contributed by atoms with Crippen LogP contribution < -0.4 is 10.6 Å². The number of rotatable bonds is 7. The average Bonchev–Trinajstić information content (AvgIpc) is 2.82. The lowest BCUT2D eigenvalue weighted by atomic mass is 9.78. The molecule has 164 valence electrons. The molecule has 0 radical (unpaired) electrons. The zero-order valence-electron chi connectivity index (χ0n) is 17.8. The Bertz CT molecular complexity index is 1090. The fourth-order valence-electron chi connectivity index (χ4n) is 3.61. The van der Waals surface area contributed by atoms with E-state index in [0.29, 0.717) is 5.56 Å². The standard InChI is InChI=1S/C24H23N3O4S/c1-3-15-9-7-8-12-18(15)26-19(28)14-32-23-17(13-25)20(16-10-5-4-6-11-16)21(22(29)27-23)24(30)31-2/h4-12,20-21H,3,14H2,1-2H3,(H,26,28)(H,27,29)/t20-,21+/m1/s1. The molecule has 0 spiro atoms. The lowest BCUT2D eigenvalue weighted by Gasteiger charge is -2.30. The van der Waals surface area contributed by atoms with Crippen LogP contribution in [0.4, 0.5) is 5.69 Å². The van der Waals surface area contributed by atoms with Crippen LogP contribution in [0.3, 0.4) is 0 Å². The zero-order chi connectivity index (χ0) is 23.1. The number of hydrogen-bond acceptors (Lipinski definition) is 6. The van der Waals surface area contributed by atoms with Crippen molar-refractivity contribution in [2.24, 2.45) is 5.92 Å². The molecule has 0 saturated carbocycles. The Morgan fingerprint density at radius 2 is 1.84 bits per heavy atom. The van der Waals surface area contributed by atoms with E-state index in [2.05, 4.69) is 16.7 Å². The van der Waals surface area contributed by atoms with Crippen LogP contribution >= 0.6 is 11.8 Å². The second kappa shape index (κ2) is 10.6. The van der Waals surface area contributed by atoms with E-state index in [9.17, 15) is 19.6 Å². The number of esters is 1. The number of carbonyl (C=O) groups is 3. The van der Waals surface area contributed by atoms with Crippen LogP contribution in [0, 0.1) is 17.2 Å². The molecule has 0 aromatic heterocycles. The van der Waals surface area contributed by atoms with Crippen LogP contribution in [-0.2, 0) is 25.5 Å². The normalized spacial score (nSPS) is 17.8. The van der Waals surface area contributed by atoms with Gasteiger partial charge in [-0.3, -0.25) is 14.4 Å². The molecule has 0 saturated heterocycles. The monoisotopic (exact) mass is 449 g/mol. The van der Waals surface area contributed by atoms with Crippen molar-refractivity contribution in [3.05, 3.63) is 76.3 Å². The number of benzene rings is 2. The van der Waals surface area contributed by atoms with Crippen molar-refractivity contribution in [1.82, 2.24) is 5.32 Å². The van der Waals surface area contributed by atoms with E-state index in [4.69, 9.17) is 4.74 Å². The lowest BCUT2D eigenvalue weighted by molar-refractivity contribution is -0.150. The van der Waals surface area contributed by atoms with Gasteiger partial charge in [0, 0.05) is 11.6 Å². The summed E-state index contributed by atoms with van der Waals surface area (Å²) in [5.74, 6) is -3.55. The number of nitriles is 1. The molecule has 7 nitrogen and oxygen atoms in total. The summed E-state index contributed by atoms with van der Waals surface area (Å²) in [5, 5.41) is 15.7. The van der Waals surface area contributed by atoms with Gasteiger partial charge in [0.1, 0.15) is 5.92 Å². The van der Waals surface area contributed by atoms with Crippen LogP contribution in [0.5, 0.6) is 0 Å². The van der Waals surface area contributed by atoms with Gasteiger partial charge in [0.25, 0.3) is 0 Å². The molecule has 2 atom stereocenters. The highest BCUT2D eigenvalue weighted by molar-refractivity contribution is 8.03. The molecule has 2 N–H and O–H groups in total. The van der Waals surface area contributed by atoms with Crippen molar-refractivity contribution in [3.63, 3.8) is 0 Å². The first-order valence-electron chi connectivity index (χ1n) is 10.1. The fraction of sp³-hybridized carbons (Fsp3) is 0.250. The Labute approximate surface area is 190 Å². The van der Waals surface area contributed by atoms with E-state index in [1.54, 1.807) is 24.3 Å². The molecule has 3 rings (SSSR count). The number of amides is 2. The molecule has 2 aromatic carbocycles. The van der Waals surface area contributed by atoms with Gasteiger partial charge in [-0.2, -0.15) is 5.26 Å². The van der Waals surface area contributed by atoms with Gasteiger partial charge < -0.3 is 15.4 Å². The number of anilines is 1. The molecule has 1 aliphatic rings. The highest BCUT2D eigenvalue weighted by Gasteiger charge is 2.44.